The van der Waals surface area contributed by atoms with Crippen LogP contribution in [0, 0.1) is 6.92 Å². The van der Waals surface area contributed by atoms with Gasteiger partial charge < -0.3 is 14.7 Å². The first-order valence-corrected chi connectivity index (χ1v) is 6.24. The molecule has 0 radical (unpaired) electrons. The van der Waals surface area contributed by atoms with Crippen LogP contribution in [0.1, 0.15) is 11.1 Å². The van der Waals surface area contributed by atoms with Gasteiger partial charge >= 0.3 is 0 Å². The van der Waals surface area contributed by atoms with Crippen molar-refractivity contribution in [2.45, 2.75) is 19.4 Å². The van der Waals surface area contributed by atoms with Crippen molar-refractivity contribution in [3.8, 4) is 0 Å². The molecule has 1 fully saturated rings. The number of ether oxygens (including phenoxy) is 1. The molecule has 1 unspecified atom stereocenters. The number of hydrogen-bond acceptors (Lipinski definition) is 3. The summed E-state index contributed by atoms with van der Waals surface area (Å²) >= 11 is 0. The van der Waals surface area contributed by atoms with Gasteiger partial charge in [-0.15, -0.1) is 0 Å². The molecule has 1 aromatic carbocycles. The lowest BCUT2D eigenvalue weighted by Gasteiger charge is -2.34. The zero-order chi connectivity index (χ0) is 13.0. The first-order chi connectivity index (χ1) is 8.70. The molecular weight excluding hydrogens is 230 g/mol. The molecule has 4 heteroatoms. The Hall–Kier alpha value is -1.39. The first kappa shape index (κ1) is 13.1. The molecule has 0 aromatic heterocycles. The molecule has 1 N–H and O–H groups in total. The van der Waals surface area contributed by atoms with Gasteiger partial charge in [0.15, 0.2) is 0 Å². The second-order valence-corrected chi connectivity index (χ2v) is 4.66. The fraction of sp³-hybridized carbons (Fsp3) is 0.500. The van der Waals surface area contributed by atoms with Crippen LogP contribution in [-0.2, 0) is 16.0 Å². The van der Waals surface area contributed by atoms with E-state index in [9.17, 15) is 9.90 Å². The molecule has 18 heavy (non-hydrogen) atoms. The first-order valence-electron chi connectivity index (χ1n) is 6.24. The zero-order valence-corrected chi connectivity index (χ0v) is 10.6. The summed E-state index contributed by atoms with van der Waals surface area (Å²) < 4.78 is 5.27. The molecular formula is C14H19NO3. The standard InChI is InChI=1S/C14H19NO3/c1-11-3-2-4-12(7-11)8-14(17)15-5-6-18-10-13(15)9-16/h2-4,7,13,16H,5-6,8-10H2,1H3. The van der Waals surface area contributed by atoms with E-state index in [4.69, 9.17) is 4.74 Å². The number of aryl methyl sites for hydroxylation is 1. The summed E-state index contributed by atoms with van der Waals surface area (Å²) in [5, 5.41) is 9.25. The summed E-state index contributed by atoms with van der Waals surface area (Å²) in [4.78, 5) is 13.9. The Morgan fingerprint density at radius 1 is 1.56 bits per heavy atom. The van der Waals surface area contributed by atoms with Gasteiger partial charge in [-0.2, -0.15) is 0 Å². The quantitative estimate of drug-likeness (QED) is 0.860. The van der Waals surface area contributed by atoms with Gasteiger partial charge in [0.1, 0.15) is 0 Å². The Bertz CT molecular complexity index is 419. The van der Waals surface area contributed by atoms with Crippen LogP contribution in [0.4, 0.5) is 0 Å². The van der Waals surface area contributed by atoms with Crippen LogP contribution >= 0.6 is 0 Å². The number of aliphatic hydroxyl groups excluding tert-OH is 1. The molecule has 1 aliphatic heterocycles. The molecule has 98 valence electrons. The van der Waals surface area contributed by atoms with Crippen LogP contribution < -0.4 is 0 Å². The van der Waals surface area contributed by atoms with Crippen molar-refractivity contribution in [2.75, 3.05) is 26.4 Å². The number of carbonyl (C=O) groups excluding carboxylic acids is 1. The molecule has 1 atom stereocenters. The Morgan fingerprint density at radius 2 is 2.39 bits per heavy atom. The fourth-order valence-electron chi connectivity index (χ4n) is 2.23. The highest BCUT2D eigenvalue weighted by Gasteiger charge is 2.26. The molecule has 0 aliphatic carbocycles. The van der Waals surface area contributed by atoms with Crippen molar-refractivity contribution in [1.29, 1.82) is 0 Å². The highest BCUT2D eigenvalue weighted by Crippen LogP contribution is 2.11. The normalized spacial score (nSPS) is 19.9. The van der Waals surface area contributed by atoms with Crippen molar-refractivity contribution in [1.82, 2.24) is 4.90 Å². The lowest BCUT2D eigenvalue weighted by Crippen LogP contribution is -2.51. The fourth-order valence-corrected chi connectivity index (χ4v) is 2.23. The Labute approximate surface area is 107 Å². The van der Waals surface area contributed by atoms with Crippen LogP contribution in [0.15, 0.2) is 24.3 Å². The molecule has 4 nitrogen and oxygen atoms in total. The number of benzene rings is 1. The molecule has 1 amide bonds. The maximum absolute atomic E-state index is 12.2. The largest absolute Gasteiger partial charge is 0.394 e. The zero-order valence-electron chi connectivity index (χ0n) is 10.6. The highest BCUT2D eigenvalue weighted by molar-refractivity contribution is 5.79. The van der Waals surface area contributed by atoms with E-state index in [2.05, 4.69) is 0 Å². The lowest BCUT2D eigenvalue weighted by atomic mass is 10.1. The van der Waals surface area contributed by atoms with Crippen LogP contribution in [0.2, 0.25) is 0 Å². The van der Waals surface area contributed by atoms with E-state index in [1.54, 1.807) is 4.90 Å². The SMILES string of the molecule is Cc1cccc(CC(=O)N2CCOCC2CO)c1. The van der Waals surface area contributed by atoms with Crippen LogP contribution in [0.5, 0.6) is 0 Å². The predicted molar refractivity (Wildman–Crippen MR) is 68.3 cm³/mol. The molecule has 0 bridgehead atoms. The predicted octanol–water partition coefficient (Wildman–Crippen LogP) is 0.757. The van der Waals surface area contributed by atoms with E-state index in [1.807, 2.05) is 31.2 Å². The molecule has 1 saturated heterocycles. The third-order valence-electron chi connectivity index (χ3n) is 3.20. The summed E-state index contributed by atoms with van der Waals surface area (Å²) in [6.45, 7) is 3.51. The minimum absolute atomic E-state index is 0.0421. The molecule has 2 rings (SSSR count). The van der Waals surface area contributed by atoms with Gasteiger partial charge in [-0.05, 0) is 12.5 Å². The maximum Gasteiger partial charge on any atom is 0.227 e. The van der Waals surface area contributed by atoms with Crippen molar-refractivity contribution >= 4 is 5.91 Å². The second-order valence-electron chi connectivity index (χ2n) is 4.66. The van der Waals surface area contributed by atoms with Gasteiger partial charge in [0, 0.05) is 6.54 Å². The molecule has 0 spiro atoms. The van der Waals surface area contributed by atoms with Gasteiger partial charge in [0.2, 0.25) is 5.91 Å². The smallest absolute Gasteiger partial charge is 0.227 e. The van der Waals surface area contributed by atoms with Gasteiger partial charge in [-0.3, -0.25) is 4.79 Å². The number of carbonyl (C=O) groups is 1. The number of nitrogens with zero attached hydrogens (tertiary/aromatic N) is 1. The Kier molecular flexibility index (Phi) is 4.33. The Balaban J connectivity index is 2.02. The summed E-state index contributed by atoms with van der Waals surface area (Å²) in [6, 6.07) is 7.75. The van der Waals surface area contributed by atoms with E-state index < -0.39 is 0 Å². The van der Waals surface area contributed by atoms with E-state index in [1.165, 1.54) is 0 Å². The summed E-state index contributed by atoms with van der Waals surface area (Å²) in [5.41, 5.74) is 2.17. The molecule has 0 saturated carbocycles. The highest BCUT2D eigenvalue weighted by atomic mass is 16.5. The van der Waals surface area contributed by atoms with Crippen LogP contribution in [0.3, 0.4) is 0 Å². The van der Waals surface area contributed by atoms with Crippen LogP contribution in [0.25, 0.3) is 0 Å². The summed E-state index contributed by atoms with van der Waals surface area (Å²) in [7, 11) is 0. The molecule has 1 aliphatic rings. The minimum Gasteiger partial charge on any atom is -0.394 e. The second kappa shape index (κ2) is 5.98. The third kappa shape index (κ3) is 3.09. The van der Waals surface area contributed by atoms with Gasteiger partial charge in [-0.1, -0.05) is 29.8 Å². The van der Waals surface area contributed by atoms with Gasteiger partial charge in [0.05, 0.1) is 32.3 Å². The van der Waals surface area contributed by atoms with E-state index >= 15 is 0 Å². The number of hydrogen-bond donors (Lipinski definition) is 1. The van der Waals surface area contributed by atoms with Crippen LogP contribution in [-0.4, -0.2) is 48.3 Å². The number of rotatable bonds is 3. The van der Waals surface area contributed by atoms with Crippen molar-refractivity contribution in [2.24, 2.45) is 0 Å². The molecule has 1 heterocycles. The number of aliphatic hydroxyl groups is 1. The van der Waals surface area contributed by atoms with E-state index in [0.29, 0.717) is 26.2 Å². The Morgan fingerprint density at radius 3 is 3.11 bits per heavy atom. The lowest BCUT2D eigenvalue weighted by molar-refractivity contribution is -0.140. The average Bonchev–Trinajstić information content (AvgIpc) is 2.38. The molecule has 1 aromatic rings. The number of amides is 1. The average molecular weight is 249 g/mol. The topological polar surface area (TPSA) is 49.8 Å². The summed E-state index contributed by atoms with van der Waals surface area (Å²) in [5.74, 6) is 0.0583. The van der Waals surface area contributed by atoms with Gasteiger partial charge in [0.25, 0.3) is 0 Å². The van der Waals surface area contributed by atoms with Crippen molar-refractivity contribution < 1.29 is 14.6 Å². The van der Waals surface area contributed by atoms with Crippen molar-refractivity contribution in [3.05, 3.63) is 35.4 Å². The van der Waals surface area contributed by atoms with Crippen molar-refractivity contribution in [3.63, 3.8) is 0 Å². The summed E-state index contributed by atoms with van der Waals surface area (Å²) in [6.07, 6.45) is 0.387. The third-order valence-corrected chi connectivity index (χ3v) is 3.20. The van der Waals surface area contributed by atoms with Gasteiger partial charge in [-0.25, -0.2) is 0 Å². The van der Waals surface area contributed by atoms with E-state index in [-0.39, 0.29) is 18.6 Å². The maximum atomic E-state index is 12.2. The van der Waals surface area contributed by atoms with E-state index in [0.717, 1.165) is 11.1 Å². The minimum atomic E-state index is -0.198. The number of morpholine rings is 1. The monoisotopic (exact) mass is 249 g/mol.